The Kier molecular flexibility index (Phi) is 4.99. The molecule has 122 valence electrons. The lowest BCUT2D eigenvalue weighted by Gasteiger charge is -2.10. The molecule has 0 spiro atoms. The Hall–Kier alpha value is -2.84. The number of benzene rings is 1. The van der Waals surface area contributed by atoms with Crippen LogP contribution in [0.3, 0.4) is 0 Å². The van der Waals surface area contributed by atoms with Crippen molar-refractivity contribution < 1.29 is 27.4 Å². The van der Waals surface area contributed by atoms with Gasteiger partial charge in [-0.3, -0.25) is 5.32 Å². The Balaban J connectivity index is 2.02. The van der Waals surface area contributed by atoms with Crippen LogP contribution in [0.15, 0.2) is 36.4 Å². The number of nitrogens with zero attached hydrogens (tertiary/aromatic N) is 2. The molecule has 0 aliphatic carbocycles. The summed E-state index contributed by atoms with van der Waals surface area (Å²) in [5.41, 5.74) is 0.326. The highest BCUT2D eigenvalue weighted by Crippen LogP contribution is 2.18. The largest absolute Gasteiger partial charge is 0.468 e. The van der Waals surface area contributed by atoms with Gasteiger partial charge in [-0.2, -0.15) is 18.2 Å². The van der Waals surface area contributed by atoms with Gasteiger partial charge in [0.25, 0.3) is 0 Å². The van der Waals surface area contributed by atoms with Gasteiger partial charge in [-0.1, -0.05) is 18.2 Å². The molecule has 0 atom stereocenters. The third-order valence-corrected chi connectivity index (χ3v) is 2.38. The predicted molar refractivity (Wildman–Crippen MR) is 74.4 cm³/mol. The molecule has 9 heteroatoms. The number of alkyl halides is 3. The Morgan fingerprint density at radius 3 is 2.57 bits per heavy atom. The highest BCUT2D eigenvalue weighted by Gasteiger charge is 2.28. The quantitative estimate of drug-likeness (QED) is 0.932. The predicted octanol–water partition coefficient (Wildman–Crippen LogP) is 3.34. The van der Waals surface area contributed by atoms with Gasteiger partial charge in [-0.05, 0) is 19.1 Å². The Morgan fingerprint density at radius 2 is 1.91 bits per heavy atom. The van der Waals surface area contributed by atoms with Crippen LogP contribution in [0.1, 0.15) is 5.69 Å². The molecule has 6 nitrogen and oxygen atoms in total. The number of anilines is 1. The average Bonchev–Trinajstić information content (AvgIpc) is 2.45. The van der Waals surface area contributed by atoms with Crippen molar-refractivity contribution in [3.8, 4) is 11.6 Å². The number of hydrogen-bond donors (Lipinski definition) is 1. The van der Waals surface area contributed by atoms with Crippen molar-refractivity contribution >= 4 is 12.0 Å². The summed E-state index contributed by atoms with van der Waals surface area (Å²) in [6.07, 6.45) is -5.36. The summed E-state index contributed by atoms with van der Waals surface area (Å²) in [6, 6.07) is 9.45. The van der Waals surface area contributed by atoms with Crippen molar-refractivity contribution in [2.24, 2.45) is 0 Å². The minimum Gasteiger partial charge on any atom is -0.468 e. The van der Waals surface area contributed by atoms with Crippen LogP contribution in [0.25, 0.3) is 0 Å². The van der Waals surface area contributed by atoms with Crippen molar-refractivity contribution in [1.82, 2.24) is 9.97 Å². The molecule has 1 heterocycles. The van der Waals surface area contributed by atoms with Gasteiger partial charge in [0.2, 0.25) is 11.8 Å². The lowest BCUT2D eigenvalue weighted by Crippen LogP contribution is -2.21. The normalized spacial score (nSPS) is 11.0. The number of nitrogens with one attached hydrogen (secondary N) is 1. The molecule has 1 amide bonds. The van der Waals surface area contributed by atoms with Gasteiger partial charge in [-0.15, -0.1) is 0 Å². The van der Waals surface area contributed by atoms with E-state index in [9.17, 15) is 18.0 Å². The van der Waals surface area contributed by atoms with Gasteiger partial charge in [0.1, 0.15) is 5.75 Å². The molecule has 0 saturated heterocycles. The van der Waals surface area contributed by atoms with E-state index in [-0.39, 0.29) is 11.8 Å². The molecular weight excluding hydrogens is 315 g/mol. The number of hydrogen-bond acceptors (Lipinski definition) is 5. The summed E-state index contributed by atoms with van der Waals surface area (Å²) < 4.78 is 45.9. The molecule has 2 aromatic rings. The fraction of sp³-hybridized carbons (Fsp3) is 0.214. The third kappa shape index (κ3) is 5.81. The van der Waals surface area contributed by atoms with Gasteiger partial charge >= 0.3 is 12.3 Å². The van der Waals surface area contributed by atoms with E-state index in [0.29, 0.717) is 11.4 Å². The topological polar surface area (TPSA) is 73.3 Å². The van der Waals surface area contributed by atoms with Crippen molar-refractivity contribution in [3.63, 3.8) is 0 Å². The zero-order valence-corrected chi connectivity index (χ0v) is 11.9. The highest BCUT2D eigenvalue weighted by atomic mass is 19.4. The summed E-state index contributed by atoms with van der Waals surface area (Å²) in [4.78, 5) is 19.2. The van der Waals surface area contributed by atoms with E-state index < -0.39 is 18.9 Å². The van der Waals surface area contributed by atoms with Crippen LogP contribution in [0, 0.1) is 6.92 Å². The van der Waals surface area contributed by atoms with Crippen LogP contribution in [0.4, 0.5) is 23.9 Å². The van der Waals surface area contributed by atoms with Gasteiger partial charge in [-0.25, -0.2) is 9.78 Å². The molecule has 23 heavy (non-hydrogen) atoms. The summed E-state index contributed by atoms with van der Waals surface area (Å²) in [5, 5.41) is 2.22. The number of carbonyl (C=O) groups is 1. The fourth-order valence-corrected chi connectivity index (χ4v) is 1.54. The number of amides is 1. The Labute approximate surface area is 129 Å². The fourth-order valence-electron chi connectivity index (χ4n) is 1.54. The molecule has 0 saturated carbocycles. The highest BCUT2D eigenvalue weighted by molar-refractivity contribution is 5.84. The van der Waals surface area contributed by atoms with E-state index in [4.69, 9.17) is 4.74 Å². The molecule has 0 unspecified atom stereocenters. The summed E-state index contributed by atoms with van der Waals surface area (Å²) in [7, 11) is 0. The third-order valence-electron chi connectivity index (χ3n) is 2.38. The Bertz CT molecular complexity index is 678. The average molecular weight is 327 g/mol. The van der Waals surface area contributed by atoms with Gasteiger partial charge in [0, 0.05) is 11.8 Å². The van der Waals surface area contributed by atoms with E-state index in [1.807, 2.05) is 0 Å². The molecule has 1 aromatic carbocycles. The first-order chi connectivity index (χ1) is 10.8. The number of rotatable bonds is 4. The second-order valence-electron chi connectivity index (χ2n) is 4.40. The number of aryl methyl sites for hydroxylation is 1. The molecule has 0 radical (unpaired) electrons. The van der Waals surface area contributed by atoms with Crippen molar-refractivity contribution in [3.05, 3.63) is 42.1 Å². The van der Waals surface area contributed by atoms with Crippen molar-refractivity contribution in [2.45, 2.75) is 13.1 Å². The smallest absolute Gasteiger partial charge is 0.422 e. The molecule has 0 aliphatic rings. The van der Waals surface area contributed by atoms with E-state index >= 15 is 0 Å². The zero-order valence-electron chi connectivity index (χ0n) is 11.9. The lowest BCUT2D eigenvalue weighted by atomic mass is 10.3. The van der Waals surface area contributed by atoms with Gasteiger partial charge in [0.15, 0.2) is 6.61 Å². The molecule has 2 rings (SSSR count). The van der Waals surface area contributed by atoms with E-state index in [1.54, 1.807) is 30.3 Å². The monoisotopic (exact) mass is 327 g/mol. The summed E-state index contributed by atoms with van der Waals surface area (Å²) in [5.74, 6) is -0.223. The van der Waals surface area contributed by atoms with E-state index in [2.05, 4.69) is 20.0 Å². The minimum absolute atomic E-state index is 0.219. The Morgan fingerprint density at radius 1 is 1.22 bits per heavy atom. The lowest BCUT2D eigenvalue weighted by molar-refractivity contribution is -0.154. The molecule has 0 aliphatic heterocycles. The first-order valence-electron chi connectivity index (χ1n) is 6.41. The molecule has 0 bridgehead atoms. The number of carbonyl (C=O) groups excluding carboxylic acids is 1. The number of para-hydroxylation sites is 1. The second-order valence-corrected chi connectivity index (χ2v) is 4.40. The second kappa shape index (κ2) is 6.95. The van der Waals surface area contributed by atoms with Crippen molar-refractivity contribution in [2.75, 3.05) is 11.9 Å². The maximum absolute atomic E-state index is 12.1. The molecule has 1 aromatic heterocycles. The minimum atomic E-state index is -4.49. The first-order valence-corrected chi connectivity index (χ1v) is 6.41. The summed E-state index contributed by atoms with van der Waals surface area (Å²) in [6.45, 7) is 0.0349. The van der Waals surface area contributed by atoms with Crippen molar-refractivity contribution in [1.29, 1.82) is 0 Å². The SMILES string of the molecule is Cc1cc(OCC(F)(F)F)nc(NC(=O)Oc2ccccc2)n1. The van der Waals surface area contributed by atoms with Crippen LogP contribution in [0.2, 0.25) is 0 Å². The standard InChI is InChI=1S/C14H12F3N3O3/c1-9-7-11(22-8-14(15,16)17)19-12(18-9)20-13(21)23-10-5-3-2-4-6-10/h2-7H,8H2,1H3,(H,18,19,20,21). The van der Waals surface area contributed by atoms with Crippen LogP contribution < -0.4 is 14.8 Å². The molecular formula is C14H12F3N3O3. The van der Waals surface area contributed by atoms with E-state index in [1.165, 1.54) is 13.0 Å². The van der Waals surface area contributed by atoms with Crippen LogP contribution in [-0.2, 0) is 0 Å². The van der Waals surface area contributed by atoms with Gasteiger partial charge in [0.05, 0.1) is 0 Å². The first kappa shape index (κ1) is 16.5. The maximum atomic E-state index is 12.1. The maximum Gasteiger partial charge on any atom is 0.422 e. The van der Waals surface area contributed by atoms with Crippen LogP contribution in [-0.4, -0.2) is 28.8 Å². The zero-order chi connectivity index (χ0) is 16.9. The number of halogens is 3. The molecule has 1 N–H and O–H groups in total. The number of aromatic nitrogens is 2. The van der Waals surface area contributed by atoms with E-state index in [0.717, 1.165) is 0 Å². The van der Waals surface area contributed by atoms with Crippen LogP contribution in [0.5, 0.6) is 11.6 Å². The molecule has 0 fully saturated rings. The number of ether oxygens (including phenoxy) is 2. The van der Waals surface area contributed by atoms with Crippen LogP contribution >= 0.6 is 0 Å². The van der Waals surface area contributed by atoms with Gasteiger partial charge < -0.3 is 9.47 Å². The summed E-state index contributed by atoms with van der Waals surface area (Å²) >= 11 is 0.